The molecule has 2 heteroatoms. The zero-order chi connectivity index (χ0) is 19.7. The molecule has 27 heavy (non-hydrogen) atoms. The molecule has 0 atom stereocenters. The third kappa shape index (κ3) is 3.85. The van der Waals surface area contributed by atoms with Crippen LogP contribution < -0.4 is 9.80 Å². The van der Waals surface area contributed by atoms with Crippen molar-refractivity contribution in [1.82, 2.24) is 0 Å². The average molecular weight is 365 g/mol. The van der Waals surface area contributed by atoms with Crippen LogP contribution >= 0.6 is 0 Å². The monoisotopic (exact) mass is 364 g/mol. The summed E-state index contributed by atoms with van der Waals surface area (Å²) in [7, 11) is 0. The van der Waals surface area contributed by atoms with E-state index >= 15 is 0 Å². The Balaban J connectivity index is 1.99. The largest absolute Gasteiger partial charge is 0.352 e. The van der Waals surface area contributed by atoms with Crippen LogP contribution in [0.1, 0.15) is 81.5 Å². The van der Waals surface area contributed by atoms with Gasteiger partial charge in [0.1, 0.15) is 0 Å². The molecular formula is C25H36N2. The lowest BCUT2D eigenvalue weighted by Gasteiger charge is -2.30. The molecule has 0 radical (unpaired) electrons. The summed E-state index contributed by atoms with van der Waals surface area (Å²) < 4.78 is 0. The first kappa shape index (κ1) is 19.8. The van der Waals surface area contributed by atoms with Gasteiger partial charge < -0.3 is 9.80 Å². The molecule has 1 heterocycles. The summed E-state index contributed by atoms with van der Waals surface area (Å²) in [6.45, 7) is 19.3. The highest BCUT2D eigenvalue weighted by atomic mass is 15.4. The molecule has 1 saturated heterocycles. The van der Waals surface area contributed by atoms with Crippen LogP contribution in [0.5, 0.6) is 0 Å². The van der Waals surface area contributed by atoms with E-state index in [9.17, 15) is 0 Å². The van der Waals surface area contributed by atoms with E-state index in [4.69, 9.17) is 0 Å². The van der Waals surface area contributed by atoms with E-state index in [1.807, 2.05) is 0 Å². The lowest BCUT2D eigenvalue weighted by atomic mass is 9.92. The number of hydrogen-bond donors (Lipinski definition) is 0. The highest BCUT2D eigenvalue weighted by Crippen LogP contribution is 2.38. The molecule has 0 spiro atoms. The summed E-state index contributed by atoms with van der Waals surface area (Å²) >= 11 is 0. The standard InChI is InChI=1S/C25H36N2/c1-17(2)21-11-8-10-20(7)24(21)26-14-15-27(16-26)25-22(18(3)4)12-9-13-23(25)19(5)6/h8-13,17-19H,14-16H2,1-7H3. The van der Waals surface area contributed by atoms with Gasteiger partial charge in [-0.15, -0.1) is 0 Å². The molecular weight excluding hydrogens is 328 g/mol. The minimum absolute atomic E-state index is 0.539. The molecule has 2 aromatic carbocycles. The number of benzene rings is 2. The van der Waals surface area contributed by atoms with Crippen LogP contribution in [0.25, 0.3) is 0 Å². The maximum Gasteiger partial charge on any atom is 0.0904 e. The maximum absolute atomic E-state index is 2.61. The molecule has 0 aliphatic carbocycles. The second-order valence-corrected chi connectivity index (χ2v) is 8.93. The first-order valence-electron chi connectivity index (χ1n) is 10.5. The third-order valence-corrected chi connectivity index (χ3v) is 5.85. The second kappa shape index (κ2) is 7.96. The minimum Gasteiger partial charge on any atom is -0.352 e. The number of aryl methyl sites for hydroxylation is 1. The van der Waals surface area contributed by atoms with Crippen LogP contribution in [-0.4, -0.2) is 19.8 Å². The zero-order valence-corrected chi connectivity index (χ0v) is 18.2. The topological polar surface area (TPSA) is 6.48 Å². The van der Waals surface area contributed by atoms with Crippen LogP contribution in [0, 0.1) is 6.92 Å². The van der Waals surface area contributed by atoms with Crippen molar-refractivity contribution in [2.24, 2.45) is 0 Å². The highest BCUT2D eigenvalue weighted by molar-refractivity contribution is 5.67. The van der Waals surface area contributed by atoms with Gasteiger partial charge in [-0.25, -0.2) is 0 Å². The molecule has 1 fully saturated rings. The van der Waals surface area contributed by atoms with E-state index in [1.54, 1.807) is 0 Å². The van der Waals surface area contributed by atoms with Gasteiger partial charge in [0.15, 0.2) is 0 Å². The fraction of sp³-hybridized carbons (Fsp3) is 0.520. The molecule has 1 aliphatic rings. The Morgan fingerprint density at radius 3 is 1.52 bits per heavy atom. The van der Waals surface area contributed by atoms with Crippen molar-refractivity contribution in [2.45, 2.75) is 66.2 Å². The molecule has 0 bridgehead atoms. The van der Waals surface area contributed by atoms with Gasteiger partial charge in [0.2, 0.25) is 0 Å². The van der Waals surface area contributed by atoms with Crippen LogP contribution in [-0.2, 0) is 0 Å². The summed E-state index contributed by atoms with van der Waals surface area (Å²) in [6, 6.07) is 13.6. The molecule has 0 aromatic heterocycles. The lowest BCUT2D eigenvalue weighted by molar-refractivity contribution is 0.805. The molecule has 146 valence electrons. The van der Waals surface area contributed by atoms with Gasteiger partial charge in [-0.2, -0.15) is 0 Å². The first-order valence-corrected chi connectivity index (χ1v) is 10.5. The van der Waals surface area contributed by atoms with Crippen molar-refractivity contribution in [3.05, 3.63) is 58.7 Å². The van der Waals surface area contributed by atoms with Crippen molar-refractivity contribution in [3.8, 4) is 0 Å². The van der Waals surface area contributed by atoms with Crippen molar-refractivity contribution in [3.63, 3.8) is 0 Å². The Bertz CT molecular complexity index is 763. The Hall–Kier alpha value is -1.96. The van der Waals surface area contributed by atoms with Crippen LogP contribution in [0.15, 0.2) is 36.4 Å². The second-order valence-electron chi connectivity index (χ2n) is 8.93. The van der Waals surface area contributed by atoms with Gasteiger partial charge in [-0.1, -0.05) is 77.9 Å². The molecule has 3 rings (SSSR count). The van der Waals surface area contributed by atoms with Crippen molar-refractivity contribution in [2.75, 3.05) is 29.6 Å². The normalized spacial score (nSPS) is 14.9. The van der Waals surface area contributed by atoms with Gasteiger partial charge in [-0.3, -0.25) is 0 Å². The fourth-order valence-electron chi connectivity index (χ4n) is 4.41. The van der Waals surface area contributed by atoms with E-state index in [0.717, 1.165) is 19.8 Å². The molecule has 2 nitrogen and oxygen atoms in total. The molecule has 0 unspecified atom stereocenters. The number of hydrogen-bond acceptors (Lipinski definition) is 2. The summed E-state index contributed by atoms with van der Waals surface area (Å²) in [5.41, 5.74) is 8.75. The molecule has 0 saturated carbocycles. The number of rotatable bonds is 5. The smallest absolute Gasteiger partial charge is 0.0904 e. The van der Waals surface area contributed by atoms with Crippen LogP contribution in [0.4, 0.5) is 11.4 Å². The van der Waals surface area contributed by atoms with E-state index in [-0.39, 0.29) is 0 Å². The highest BCUT2D eigenvalue weighted by Gasteiger charge is 2.28. The van der Waals surface area contributed by atoms with Gasteiger partial charge in [0.05, 0.1) is 6.67 Å². The summed E-state index contributed by atoms with van der Waals surface area (Å²) in [6.07, 6.45) is 0. The van der Waals surface area contributed by atoms with E-state index in [1.165, 1.54) is 33.6 Å². The summed E-state index contributed by atoms with van der Waals surface area (Å²) in [5.74, 6) is 1.62. The van der Waals surface area contributed by atoms with Crippen LogP contribution in [0.2, 0.25) is 0 Å². The fourth-order valence-corrected chi connectivity index (χ4v) is 4.41. The SMILES string of the molecule is Cc1cccc(C(C)C)c1N1CCN(c2c(C(C)C)cccc2C(C)C)C1. The number of anilines is 2. The van der Waals surface area contributed by atoms with Crippen molar-refractivity contribution < 1.29 is 0 Å². The van der Waals surface area contributed by atoms with E-state index < -0.39 is 0 Å². The lowest BCUT2D eigenvalue weighted by Crippen LogP contribution is -2.28. The molecule has 0 amide bonds. The van der Waals surface area contributed by atoms with E-state index in [0.29, 0.717) is 17.8 Å². The Morgan fingerprint density at radius 2 is 1.04 bits per heavy atom. The van der Waals surface area contributed by atoms with Crippen LogP contribution in [0.3, 0.4) is 0 Å². The van der Waals surface area contributed by atoms with Crippen molar-refractivity contribution >= 4 is 11.4 Å². The minimum atomic E-state index is 0.539. The molecule has 0 N–H and O–H groups in total. The van der Waals surface area contributed by atoms with Gasteiger partial charge in [0, 0.05) is 24.5 Å². The van der Waals surface area contributed by atoms with Gasteiger partial charge >= 0.3 is 0 Å². The van der Waals surface area contributed by atoms with Crippen molar-refractivity contribution in [1.29, 1.82) is 0 Å². The maximum atomic E-state index is 2.61. The van der Waals surface area contributed by atoms with E-state index in [2.05, 4.69) is 94.7 Å². The van der Waals surface area contributed by atoms with Gasteiger partial charge in [0.25, 0.3) is 0 Å². The third-order valence-electron chi connectivity index (χ3n) is 5.85. The number of nitrogens with zero attached hydrogens (tertiary/aromatic N) is 2. The Kier molecular flexibility index (Phi) is 5.83. The zero-order valence-electron chi connectivity index (χ0n) is 18.2. The Morgan fingerprint density at radius 1 is 0.630 bits per heavy atom. The predicted molar refractivity (Wildman–Crippen MR) is 119 cm³/mol. The summed E-state index contributed by atoms with van der Waals surface area (Å²) in [5, 5.41) is 0. The quantitative estimate of drug-likeness (QED) is 0.586. The molecule has 1 aliphatic heterocycles. The molecule has 2 aromatic rings. The number of para-hydroxylation sites is 2. The Labute approximate surface area is 166 Å². The predicted octanol–water partition coefficient (Wildman–Crippen LogP) is 6.65. The first-order chi connectivity index (χ1) is 12.8. The van der Waals surface area contributed by atoms with Gasteiger partial charge in [-0.05, 0) is 46.9 Å². The summed E-state index contributed by atoms with van der Waals surface area (Å²) in [4.78, 5) is 5.20. The average Bonchev–Trinajstić information content (AvgIpc) is 3.09.